The molecule has 0 aliphatic heterocycles. The maximum atomic E-state index is 2.40. The molecule has 0 aromatic heterocycles. The van der Waals surface area contributed by atoms with Crippen molar-refractivity contribution in [1.82, 2.24) is 0 Å². The van der Waals surface area contributed by atoms with Crippen molar-refractivity contribution in [2.45, 2.75) is 6.42 Å². The highest BCUT2D eigenvalue weighted by atomic mass is 14.2. The third kappa shape index (κ3) is 2.09. The summed E-state index contributed by atoms with van der Waals surface area (Å²) in [5.74, 6) is 0. The Morgan fingerprint density at radius 1 is 0.414 bits per heavy atom. The third-order valence-electron chi connectivity index (χ3n) is 6.59. The Morgan fingerprint density at radius 3 is 1.97 bits per heavy atom. The van der Waals surface area contributed by atoms with Crippen molar-refractivity contribution < 1.29 is 0 Å². The summed E-state index contributed by atoms with van der Waals surface area (Å²) >= 11 is 0. The van der Waals surface area contributed by atoms with Gasteiger partial charge in [0.15, 0.2) is 0 Å². The fourth-order valence-electron chi connectivity index (χ4n) is 5.21. The first-order chi connectivity index (χ1) is 14.3. The quantitative estimate of drug-likeness (QED) is 0.189. The summed E-state index contributed by atoms with van der Waals surface area (Å²) in [6, 6.07) is 36.1. The number of benzene rings is 6. The maximum absolute atomic E-state index is 2.40. The van der Waals surface area contributed by atoms with Gasteiger partial charge in [-0.3, -0.25) is 0 Å². The van der Waals surface area contributed by atoms with Crippen molar-refractivity contribution in [2.24, 2.45) is 0 Å². The first-order valence-electron chi connectivity index (χ1n) is 10.2. The predicted octanol–water partition coefficient (Wildman–Crippen LogP) is 7.87. The molecule has 0 amide bonds. The molecule has 7 rings (SSSR count). The summed E-state index contributed by atoms with van der Waals surface area (Å²) < 4.78 is 0. The highest BCUT2D eigenvalue weighted by molar-refractivity contribution is 6.15. The van der Waals surface area contributed by atoms with Gasteiger partial charge < -0.3 is 0 Å². The van der Waals surface area contributed by atoms with Crippen LogP contribution in [0, 0.1) is 0 Å². The van der Waals surface area contributed by atoms with E-state index in [0.29, 0.717) is 0 Å². The van der Waals surface area contributed by atoms with Crippen molar-refractivity contribution in [3.8, 4) is 11.1 Å². The van der Waals surface area contributed by atoms with Gasteiger partial charge in [-0.2, -0.15) is 0 Å². The Hall–Kier alpha value is -3.64. The van der Waals surface area contributed by atoms with E-state index in [0.717, 1.165) is 6.42 Å². The Morgan fingerprint density at radius 2 is 1.07 bits per heavy atom. The fraction of sp³-hybridized carbons (Fsp3) is 0.0345. The Kier molecular flexibility index (Phi) is 2.88. The van der Waals surface area contributed by atoms with Gasteiger partial charge >= 0.3 is 0 Å². The van der Waals surface area contributed by atoms with Crippen LogP contribution < -0.4 is 0 Å². The average Bonchev–Trinajstić information content (AvgIpc) is 3.14. The Bertz CT molecular complexity index is 1620. The second kappa shape index (κ2) is 5.46. The van der Waals surface area contributed by atoms with Crippen molar-refractivity contribution in [1.29, 1.82) is 0 Å². The van der Waals surface area contributed by atoms with E-state index in [9.17, 15) is 0 Å². The van der Waals surface area contributed by atoms with Crippen LogP contribution in [0.5, 0.6) is 0 Å². The molecule has 1 aliphatic rings. The van der Waals surface area contributed by atoms with Crippen LogP contribution in [-0.2, 0) is 6.42 Å². The minimum Gasteiger partial charge on any atom is -0.0616 e. The third-order valence-corrected chi connectivity index (χ3v) is 6.59. The summed E-state index contributed by atoms with van der Waals surface area (Å²) in [6.45, 7) is 0. The molecule has 0 atom stereocenters. The lowest BCUT2D eigenvalue weighted by Crippen LogP contribution is -1.85. The van der Waals surface area contributed by atoms with Crippen molar-refractivity contribution >= 4 is 43.1 Å². The smallest absolute Gasteiger partial charge is 0.00130 e. The maximum Gasteiger partial charge on any atom is -0.00130 e. The molecule has 0 N–H and O–H groups in total. The zero-order valence-electron chi connectivity index (χ0n) is 15.9. The average molecular weight is 366 g/mol. The predicted molar refractivity (Wildman–Crippen MR) is 125 cm³/mol. The van der Waals surface area contributed by atoms with Gasteiger partial charge in [0.1, 0.15) is 0 Å². The van der Waals surface area contributed by atoms with Gasteiger partial charge in [-0.05, 0) is 90.0 Å². The highest BCUT2D eigenvalue weighted by Crippen LogP contribution is 2.44. The summed E-state index contributed by atoms with van der Waals surface area (Å²) in [4.78, 5) is 0. The normalized spacial score (nSPS) is 12.7. The molecule has 134 valence electrons. The minimum atomic E-state index is 1.03. The lowest BCUT2D eigenvalue weighted by atomic mass is 9.93. The topological polar surface area (TPSA) is 0 Å². The van der Waals surface area contributed by atoms with Crippen LogP contribution in [0.2, 0.25) is 0 Å². The van der Waals surface area contributed by atoms with Gasteiger partial charge in [0, 0.05) is 0 Å². The Labute approximate surface area is 169 Å². The molecule has 6 aromatic rings. The summed E-state index contributed by atoms with van der Waals surface area (Å²) in [7, 11) is 0. The van der Waals surface area contributed by atoms with Crippen LogP contribution in [0.4, 0.5) is 0 Å². The molecule has 0 saturated carbocycles. The summed E-state index contributed by atoms with van der Waals surface area (Å²) in [5, 5.41) is 10.7. The SMILES string of the molecule is c1ccc2cc3c(cc2c1)Cc1ccc2cc4c(ccc5ccccc54)cc2c1-3. The molecule has 0 saturated heterocycles. The van der Waals surface area contributed by atoms with Crippen LogP contribution in [0.25, 0.3) is 54.2 Å². The number of hydrogen-bond donors (Lipinski definition) is 0. The number of hydrogen-bond acceptors (Lipinski definition) is 0. The summed E-state index contributed by atoms with van der Waals surface area (Å²) in [6.07, 6.45) is 1.03. The van der Waals surface area contributed by atoms with Crippen LogP contribution in [0.1, 0.15) is 11.1 Å². The largest absolute Gasteiger partial charge is 0.0616 e. The van der Waals surface area contributed by atoms with E-state index in [1.165, 1.54) is 65.3 Å². The van der Waals surface area contributed by atoms with Gasteiger partial charge in [-0.25, -0.2) is 0 Å². The lowest BCUT2D eigenvalue weighted by molar-refractivity contribution is 1.27. The molecule has 0 unspecified atom stereocenters. The molecule has 0 heterocycles. The molecular weight excluding hydrogens is 348 g/mol. The van der Waals surface area contributed by atoms with E-state index < -0.39 is 0 Å². The van der Waals surface area contributed by atoms with Gasteiger partial charge in [-0.15, -0.1) is 0 Å². The van der Waals surface area contributed by atoms with Gasteiger partial charge in [0.25, 0.3) is 0 Å². The zero-order valence-corrected chi connectivity index (χ0v) is 15.9. The highest BCUT2D eigenvalue weighted by Gasteiger charge is 2.21. The first kappa shape index (κ1) is 15.3. The van der Waals surface area contributed by atoms with Crippen LogP contribution in [0.15, 0.2) is 97.1 Å². The molecule has 0 spiro atoms. The van der Waals surface area contributed by atoms with E-state index >= 15 is 0 Å². The standard InChI is InChI=1S/C29H18/c1-2-7-20-15-28-24(13-19(20)6-1)14-23-12-11-22-16-26-21(17-27(22)29(23)28)10-9-18-5-3-4-8-25(18)26/h1-13,15-17H,14H2. The minimum absolute atomic E-state index is 1.03. The van der Waals surface area contributed by atoms with Crippen molar-refractivity contribution in [3.05, 3.63) is 108 Å². The second-order valence-electron chi connectivity index (χ2n) is 8.21. The molecule has 0 radical (unpaired) electrons. The molecule has 6 aromatic carbocycles. The summed E-state index contributed by atoms with van der Waals surface area (Å²) in [5.41, 5.74) is 5.73. The van der Waals surface area contributed by atoms with Crippen LogP contribution >= 0.6 is 0 Å². The lowest BCUT2D eigenvalue weighted by Gasteiger charge is -2.11. The monoisotopic (exact) mass is 366 g/mol. The van der Waals surface area contributed by atoms with Crippen LogP contribution in [0.3, 0.4) is 0 Å². The molecule has 0 nitrogen and oxygen atoms in total. The molecule has 0 heteroatoms. The van der Waals surface area contributed by atoms with Gasteiger partial charge in [0.2, 0.25) is 0 Å². The molecular formula is C29H18. The fourth-order valence-corrected chi connectivity index (χ4v) is 5.21. The van der Waals surface area contributed by atoms with E-state index in [2.05, 4.69) is 97.1 Å². The van der Waals surface area contributed by atoms with Crippen molar-refractivity contribution in [3.63, 3.8) is 0 Å². The van der Waals surface area contributed by atoms with Crippen molar-refractivity contribution in [2.75, 3.05) is 0 Å². The molecule has 0 bridgehead atoms. The van der Waals surface area contributed by atoms with E-state index in [4.69, 9.17) is 0 Å². The second-order valence-corrected chi connectivity index (χ2v) is 8.21. The van der Waals surface area contributed by atoms with Gasteiger partial charge in [-0.1, -0.05) is 78.9 Å². The van der Waals surface area contributed by atoms with E-state index in [1.807, 2.05) is 0 Å². The first-order valence-corrected chi connectivity index (χ1v) is 10.2. The molecule has 29 heavy (non-hydrogen) atoms. The molecule has 1 aliphatic carbocycles. The zero-order chi connectivity index (χ0) is 18.9. The van der Waals surface area contributed by atoms with E-state index in [-0.39, 0.29) is 0 Å². The number of rotatable bonds is 0. The number of fused-ring (bicyclic) bond motifs is 9. The Balaban J connectivity index is 1.59. The van der Waals surface area contributed by atoms with E-state index in [1.54, 1.807) is 0 Å². The molecule has 0 fully saturated rings. The van der Waals surface area contributed by atoms with Gasteiger partial charge in [0.05, 0.1) is 0 Å². The van der Waals surface area contributed by atoms with Crippen LogP contribution in [-0.4, -0.2) is 0 Å².